The van der Waals surface area contributed by atoms with Gasteiger partial charge in [-0.3, -0.25) is 4.79 Å². The molecule has 104 valence electrons. The summed E-state index contributed by atoms with van der Waals surface area (Å²) in [5.41, 5.74) is 0. The van der Waals surface area contributed by atoms with Gasteiger partial charge in [-0.15, -0.1) is 0 Å². The quantitative estimate of drug-likeness (QED) is 0.877. The molecule has 1 aromatic rings. The number of rotatable bonds is 6. The van der Waals surface area contributed by atoms with Crippen LogP contribution in [0.4, 0.5) is 0 Å². The van der Waals surface area contributed by atoms with E-state index in [1.54, 1.807) is 23.1 Å². The molecule has 0 aliphatic heterocycles. The molecule has 1 aliphatic carbocycles. The molecule has 1 N–H and O–H groups in total. The van der Waals surface area contributed by atoms with Crippen LogP contribution >= 0.6 is 23.2 Å². The fraction of sp³-hybridized carbons (Fsp3) is 0.462. The lowest BCUT2D eigenvalue weighted by Gasteiger charge is -2.21. The smallest absolute Gasteiger partial charge is 0.260 e. The van der Waals surface area contributed by atoms with E-state index in [2.05, 4.69) is 0 Å². The van der Waals surface area contributed by atoms with Crippen LogP contribution in [0.3, 0.4) is 0 Å². The molecule has 1 amide bonds. The van der Waals surface area contributed by atoms with E-state index in [0.717, 1.165) is 12.8 Å². The topological polar surface area (TPSA) is 49.8 Å². The van der Waals surface area contributed by atoms with E-state index < -0.39 is 0 Å². The maximum absolute atomic E-state index is 12.0. The molecule has 0 aromatic heterocycles. The Morgan fingerprint density at radius 2 is 2.16 bits per heavy atom. The van der Waals surface area contributed by atoms with Crippen molar-refractivity contribution in [2.75, 3.05) is 19.8 Å². The Morgan fingerprint density at radius 3 is 2.79 bits per heavy atom. The Hall–Kier alpha value is -0.970. The Morgan fingerprint density at radius 1 is 1.42 bits per heavy atom. The number of carbonyl (C=O) groups excluding carboxylic acids is 1. The molecule has 0 heterocycles. The fourth-order valence-corrected chi connectivity index (χ4v) is 2.15. The van der Waals surface area contributed by atoms with Crippen LogP contribution in [0.25, 0.3) is 0 Å². The molecule has 0 saturated heterocycles. The van der Waals surface area contributed by atoms with Crippen LogP contribution in [-0.4, -0.2) is 41.7 Å². The maximum Gasteiger partial charge on any atom is 0.260 e. The van der Waals surface area contributed by atoms with Crippen molar-refractivity contribution in [2.24, 2.45) is 0 Å². The van der Waals surface area contributed by atoms with Gasteiger partial charge in [0.15, 0.2) is 6.61 Å². The van der Waals surface area contributed by atoms with Gasteiger partial charge in [0.25, 0.3) is 5.91 Å². The maximum atomic E-state index is 12.0. The lowest BCUT2D eigenvalue weighted by atomic mass is 10.3. The molecule has 0 unspecified atom stereocenters. The highest BCUT2D eigenvalue weighted by Crippen LogP contribution is 2.29. The molecule has 0 radical (unpaired) electrons. The monoisotopic (exact) mass is 303 g/mol. The van der Waals surface area contributed by atoms with Crippen molar-refractivity contribution >= 4 is 29.1 Å². The first-order valence-electron chi connectivity index (χ1n) is 6.10. The minimum Gasteiger partial charge on any atom is -0.482 e. The van der Waals surface area contributed by atoms with E-state index in [4.69, 9.17) is 33.0 Å². The minimum absolute atomic E-state index is 0.0415. The third-order valence-corrected chi connectivity index (χ3v) is 3.44. The molecule has 2 rings (SSSR count). The number of amides is 1. The van der Waals surface area contributed by atoms with Gasteiger partial charge < -0.3 is 14.7 Å². The molecule has 1 aliphatic rings. The third kappa shape index (κ3) is 4.00. The second-order valence-corrected chi connectivity index (χ2v) is 5.25. The Kier molecular flexibility index (Phi) is 4.91. The predicted octanol–water partition coefficient (Wildman–Crippen LogP) is 2.36. The predicted molar refractivity (Wildman–Crippen MR) is 73.8 cm³/mol. The van der Waals surface area contributed by atoms with Gasteiger partial charge in [-0.2, -0.15) is 0 Å². The van der Waals surface area contributed by atoms with Crippen LogP contribution in [0.5, 0.6) is 5.75 Å². The number of benzene rings is 1. The number of aliphatic hydroxyl groups is 1. The van der Waals surface area contributed by atoms with Gasteiger partial charge in [0.05, 0.1) is 11.6 Å². The number of aliphatic hydroxyl groups excluding tert-OH is 1. The molecule has 0 atom stereocenters. The standard InChI is InChI=1S/C13H15Cl2NO3/c14-9-1-4-11(15)12(7-9)19-8-13(18)16(5-6-17)10-2-3-10/h1,4,7,10,17H,2-3,5-6,8H2. The minimum atomic E-state index is -0.146. The summed E-state index contributed by atoms with van der Waals surface area (Å²) < 4.78 is 5.40. The van der Waals surface area contributed by atoms with Crippen LogP contribution < -0.4 is 4.74 Å². The lowest BCUT2D eigenvalue weighted by molar-refractivity contribution is -0.134. The SMILES string of the molecule is O=C(COc1cc(Cl)ccc1Cl)N(CCO)C1CC1. The number of ether oxygens (including phenoxy) is 1. The fourth-order valence-electron chi connectivity index (χ4n) is 1.82. The molecule has 0 spiro atoms. The summed E-state index contributed by atoms with van der Waals surface area (Å²) in [5.74, 6) is 0.245. The number of halogens is 2. The first-order chi connectivity index (χ1) is 9.11. The van der Waals surface area contributed by atoms with Crippen LogP contribution in [0, 0.1) is 0 Å². The van der Waals surface area contributed by atoms with Crippen molar-refractivity contribution in [3.63, 3.8) is 0 Å². The third-order valence-electron chi connectivity index (χ3n) is 2.89. The van der Waals surface area contributed by atoms with Crippen molar-refractivity contribution in [1.82, 2.24) is 4.90 Å². The zero-order chi connectivity index (χ0) is 13.8. The summed E-state index contributed by atoms with van der Waals surface area (Å²) in [6, 6.07) is 5.10. The molecule has 1 aromatic carbocycles. The molecular weight excluding hydrogens is 289 g/mol. The molecular formula is C13H15Cl2NO3. The van der Waals surface area contributed by atoms with Gasteiger partial charge in [-0.25, -0.2) is 0 Å². The highest BCUT2D eigenvalue weighted by atomic mass is 35.5. The Bertz CT molecular complexity index is 463. The highest BCUT2D eigenvalue weighted by Gasteiger charge is 2.32. The molecule has 19 heavy (non-hydrogen) atoms. The number of hydrogen-bond acceptors (Lipinski definition) is 3. The first-order valence-corrected chi connectivity index (χ1v) is 6.85. The second-order valence-electron chi connectivity index (χ2n) is 4.41. The van der Waals surface area contributed by atoms with Gasteiger partial charge in [-0.05, 0) is 25.0 Å². The van der Waals surface area contributed by atoms with E-state index >= 15 is 0 Å². The molecule has 1 fully saturated rings. The molecule has 0 bridgehead atoms. The zero-order valence-corrected chi connectivity index (χ0v) is 11.8. The van der Waals surface area contributed by atoms with Crippen molar-refractivity contribution in [1.29, 1.82) is 0 Å². The van der Waals surface area contributed by atoms with Crippen molar-refractivity contribution in [3.8, 4) is 5.75 Å². The summed E-state index contributed by atoms with van der Waals surface area (Å²) in [7, 11) is 0. The number of carbonyl (C=O) groups is 1. The summed E-state index contributed by atoms with van der Waals surface area (Å²) in [6.45, 7) is 0.201. The average Bonchev–Trinajstić information content (AvgIpc) is 3.21. The highest BCUT2D eigenvalue weighted by molar-refractivity contribution is 6.34. The van der Waals surface area contributed by atoms with Crippen molar-refractivity contribution in [2.45, 2.75) is 18.9 Å². The normalized spacial score (nSPS) is 14.3. The zero-order valence-electron chi connectivity index (χ0n) is 10.3. The number of nitrogens with zero attached hydrogens (tertiary/aromatic N) is 1. The van der Waals surface area contributed by atoms with Gasteiger partial charge in [0.1, 0.15) is 5.75 Å². The van der Waals surface area contributed by atoms with E-state index in [1.807, 2.05) is 0 Å². The van der Waals surface area contributed by atoms with E-state index in [9.17, 15) is 4.79 Å². The molecule has 1 saturated carbocycles. The van der Waals surface area contributed by atoms with Crippen LogP contribution in [0.2, 0.25) is 10.0 Å². The van der Waals surface area contributed by atoms with E-state index in [0.29, 0.717) is 22.3 Å². The summed E-state index contributed by atoms with van der Waals surface area (Å²) in [5, 5.41) is 9.87. The van der Waals surface area contributed by atoms with Gasteiger partial charge in [0, 0.05) is 23.7 Å². The Balaban J connectivity index is 1.93. The van der Waals surface area contributed by atoms with Crippen LogP contribution in [0.15, 0.2) is 18.2 Å². The van der Waals surface area contributed by atoms with Gasteiger partial charge >= 0.3 is 0 Å². The van der Waals surface area contributed by atoms with E-state index in [1.165, 1.54) is 0 Å². The number of hydrogen-bond donors (Lipinski definition) is 1. The van der Waals surface area contributed by atoms with E-state index in [-0.39, 0.29) is 25.2 Å². The molecule has 6 heteroatoms. The second kappa shape index (κ2) is 6.46. The summed E-state index contributed by atoms with van der Waals surface area (Å²) in [6.07, 6.45) is 1.98. The lowest BCUT2D eigenvalue weighted by Crippen LogP contribution is -2.38. The largest absolute Gasteiger partial charge is 0.482 e. The van der Waals surface area contributed by atoms with Gasteiger partial charge in [-0.1, -0.05) is 23.2 Å². The van der Waals surface area contributed by atoms with Gasteiger partial charge in [0.2, 0.25) is 0 Å². The van der Waals surface area contributed by atoms with Crippen LogP contribution in [0.1, 0.15) is 12.8 Å². The molecule has 4 nitrogen and oxygen atoms in total. The van der Waals surface area contributed by atoms with Crippen molar-refractivity contribution < 1.29 is 14.6 Å². The first kappa shape index (κ1) is 14.4. The van der Waals surface area contributed by atoms with Crippen molar-refractivity contribution in [3.05, 3.63) is 28.2 Å². The summed E-state index contributed by atoms with van der Waals surface area (Å²) in [4.78, 5) is 13.6. The van der Waals surface area contributed by atoms with Crippen LogP contribution in [-0.2, 0) is 4.79 Å². The Labute approximate surface area is 121 Å². The average molecular weight is 304 g/mol. The summed E-state index contributed by atoms with van der Waals surface area (Å²) >= 11 is 11.8.